The average molecular weight is 551 g/mol. The number of nitrogens with one attached hydrogen (secondary N) is 1. The number of carboxylic acids is 1. The van der Waals surface area contributed by atoms with E-state index in [2.05, 4.69) is 31.0 Å². The fraction of sp³-hybridized carbons (Fsp3) is 0.562. The summed E-state index contributed by atoms with van der Waals surface area (Å²) in [5.41, 5.74) is 3.96. The SMILES string of the molecule is CC1(C)CC2CC(C)(CN2C[C@@H]2C[C@H](c3ccc(CO)cc3)O[C@H](c3cccc(NC(=O)CCC(=O)O)c3)O2)C1. The van der Waals surface area contributed by atoms with Crippen LogP contribution in [0.25, 0.3) is 0 Å². The van der Waals surface area contributed by atoms with Gasteiger partial charge in [0.25, 0.3) is 0 Å². The summed E-state index contributed by atoms with van der Waals surface area (Å²) >= 11 is 0. The van der Waals surface area contributed by atoms with Gasteiger partial charge in [-0.15, -0.1) is 0 Å². The molecule has 3 aliphatic rings. The molecule has 8 nitrogen and oxygen atoms in total. The van der Waals surface area contributed by atoms with Crippen LogP contribution < -0.4 is 5.32 Å². The molecule has 3 N–H and O–H groups in total. The highest BCUT2D eigenvalue weighted by molar-refractivity contribution is 5.92. The lowest BCUT2D eigenvalue weighted by atomic mass is 9.65. The van der Waals surface area contributed by atoms with Gasteiger partial charge in [0.2, 0.25) is 5.91 Å². The van der Waals surface area contributed by atoms with Crippen LogP contribution in [0.2, 0.25) is 0 Å². The van der Waals surface area contributed by atoms with Crippen LogP contribution >= 0.6 is 0 Å². The minimum absolute atomic E-state index is 0.00337. The lowest BCUT2D eigenvalue weighted by Gasteiger charge is -2.41. The Hall–Kier alpha value is -2.78. The molecule has 2 saturated heterocycles. The number of aliphatic carboxylic acids is 1. The number of aliphatic hydroxyl groups excluding tert-OH is 1. The number of aliphatic hydroxyl groups is 1. The number of hydrogen-bond acceptors (Lipinski definition) is 6. The number of nitrogens with zero attached hydrogens (tertiary/aromatic N) is 1. The van der Waals surface area contributed by atoms with E-state index >= 15 is 0 Å². The summed E-state index contributed by atoms with van der Waals surface area (Å²) in [4.78, 5) is 25.7. The number of carbonyl (C=O) groups is 2. The van der Waals surface area contributed by atoms with Crippen LogP contribution in [0.4, 0.5) is 5.69 Å². The van der Waals surface area contributed by atoms with Crippen molar-refractivity contribution >= 4 is 17.6 Å². The first-order valence-electron chi connectivity index (χ1n) is 14.4. The van der Waals surface area contributed by atoms with E-state index in [1.807, 2.05) is 42.5 Å². The van der Waals surface area contributed by atoms with E-state index in [0.717, 1.165) is 36.2 Å². The lowest BCUT2D eigenvalue weighted by molar-refractivity contribution is -0.253. The van der Waals surface area contributed by atoms with Gasteiger partial charge in [0, 0.05) is 43.2 Å². The topological polar surface area (TPSA) is 108 Å². The third kappa shape index (κ3) is 6.92. The fourth-order valence-electron chi connectivity index (χ4n) is 7.29. The summed E-state index contributed by atoms with van der Waals surface area (Å²) < 4.78 is 13.1. The van der Waals surface area contributed by atoms with Crippen molar-refractivity contribution in [3.63, 3.8) is 0 Å². The van der Waals surface area contributed by atoms with Crippen LogP contribution in [0.1, 0.15) is 88.4 Å². The molecule has 0 radical (unpaired) electrons. The largest absolute Gasteiger partial charge is 0.481 e. The highest BCUT2D eigenvalue weighted by Crippen LogP contribution is 2.53. The molecule has 2 aromatic rings. The molecular weight excluding hydrogens is 508 g/mol. The van der Waals surface area contributed by atoms with Crippen molar-refractivity contribution in [2.75, 3.05) is 18.4 Å². The summed E-state index contributed by atoms with van der Waals surface area (Å²) in [6, 6.07) is 15.8. The van der Waals surface area contributed by atoms with Gasteiger partial charge in [0.1, 0.15) is 0 Å². The number of fused-ring (bicyclic) bond motifs is 2. The maximum atomic E-state index is 12.2. The zero-order valence-corrected chi connectivity index (χ0v) is 23.8. The van der Waals surface area contributed by atoms with Crippen molar-refractivity contribution in [2.45, 2.75) is 90.4 Å². The van der Waals surface area contributed by atoms with Crippen LogP contribution in [0, 0.1) is 10.8 Å². The molecular formula is C32H42N2O6. The zero-order valence-electron chi connectivity index (χ0n) is 23.8. The molecule has 1 amide bonds. The molecule has 0 aromatic heterocycles. The molecule has 8 heteroatoms. The summed E-state index contributed by atoms with van der Waals surface area (Å²) in [6.45, 7) is 9.13. The smallest absolute Gasteiger partial charge is 0.303 e. The van der Waals surface area contributed by atoms with Gasteiger partial charge in [0.05, 0.1) is 25.2 Å². The fourth-order valence-corrected chi connectivity index (χ4v) is 7.29. The number of amides is 1. The van der Waals surface area contributed by atoms with Gasteiger partial charge in [-0.05, 0) is 53.4 Å². The van der Waals surface area contributed by atoms with Gasteiger partial charge in [-0.2, -0.15) is 0 Å². The van der Waals surface area contributed by atoms with E-state index in [0.29, 0.717) is 22.6 Å². The molecule has 2 unspecified atom stereocenters. The van der Waals surface area contributed by atoms with E-state index in [-0.39, 0.29) is 37.6 Å². The molecule has 5 atom stereocenters. The van der Waals surface area contributed by atoms with Gasteiger partial charge < -0.3 is 25.0 Å². The predicted molar refractivity (Wildman–Crippen MR) is 151 cm³/mol. The van der Waals surface area contributed by atoms with Crippen LogP contribution in [-0.2, 0) is 25.7 Å². The van der Waals surface area contributed by atoms with E-state index in [9.17, 15) is 14.7 Å². The molecule has 40 heavy (non-hydrogen) atoms. The number of anilines is 1. The quantitative estimate of drug-likeness (QED) is 0.382. The molecule has 0 spiro atoms. The van der Waals surface area contributed by atoms with Crippen molar-refractivity contribution in [1.82, 2.24) is 4.90 Å². The normalized spacial score (nSPS) is 29.7. The van der Waals surface area contributed by atoms with Gasteiger partial charge in [-0.3, -0.25) is 14.5 Å². The molecule has 216 valence electrons. The molecule has 2 aliphatic heterocycles. The van der Waals surface area contributed by atoms with Crippen molar-refractivity contribution in [2.24, 2.45) is 10.8 Å². The van der Waals surface area contributed by atoms with Crippen LogP contribution in [0.3, 0.4) is 0 Å². The summed E-state index contributed by atoms with van der Waals surface area (Å²) in [6.07, 6.45) is 3.26. The van der Waals surface area contributed by atoms with Crippen molar-refractivity contribution < 1.29 is 29.3 Å². The Morgan fingerprint density at radius 1 is 1.02 bits per heavy atom. The second-order valence-corrected chi connectivity index (χ2v) is 13.1. The van der Waals surface area contributed by atoms with Gasteiger partial charge in [-0.25, -0.2) is 0 Å². The first-order chi connectivity index (χ1) is 19.0. The summed E-state index contributed by atoms with van der Waals surface area (Å²) in [5.74, 6) is -1.35. The number of benzene rings is 2. The molecule has 5 rings (SSSR count). The van der Waals surface area contributed by atoms with Gasteiger partial charge in [-0.1, -0.05) is 57.2 Å². The minimum Gasteiger partial charge on any atom is -0.481 e. The second kappa shape index (κ2) is 11.6. The third-order valence-electron chi connectivity index (χ3n) is 8.58. The molecule has 1 saturated carbocycles. The van der Waals surface area contributed by atoms with E-state index in [1.54, 1.807) is 6.07 Å². The number of carboxylic acid groups (broad SMARTS) is 1. The number of ether oxygens (including phenoxy) is 2. The average Bonchev–Trinajstić information content (AvgIpc) is 3.14. The summed E-state index contributed by atoms with van der Waals surface area (Å²) in [5, 5.41) is 21.2. The van der Waals surface area contributed by atoms with E-state index in [1.165, 1.54) is 19.3 Å². The highest BCUT2D eigenvalue weighted by atomic mass is 16.7. The van der Waals surface area contributed by atoms with E-state index < -0.39 is 12.3 Å². The molecule has 3 fully saturated rings. The maximum Gasteiger partial charge on any atom is 0.303 e. The number of rotatable bonds is 9. The first-order valence-corrected chi connectivity index (χ1v) is 14.4. The predicted octanol–water partition coefficient (Wildman–Crippen LogP) is 5.43. The number of likely N-dealkylation sites (tertiary alicyclic amines) is 1. The Kier molecular flexibility index (Phi) is 8.34. The standard InChI is InChI=1S/C32H42N2O6/c1-31(2)15-25-16-32(3,19-31)20-34(25)17-26-14-27(22-9-7-21(18-35)8-10-22)40-30(39-26)23-5-4-6-24(13-23)33-28(36)11-12-29(37)38/h4-10,13,25-27,30,35H,11-12,14-20H2,1-3H3,(H,33,36)(H,37,38)/t25?,26-,27+,30+,32?/m0/s1. The summed E-state index contributed by atoms with van der Waals surface area (Å²) in [7, 11) is 0. The first kappa shape index (κ1) is 28.7. The molecule has 1 aliphatic carbocycles. The van der Waals surface area contributed by atoms with Crippen LogP contribution in [-0.4, -0.2) is 52.2 Å². The minimum atomic E-state index is -1.00. The zero-order chi connectivity index (χ0) is 28.5. The Balaban J connectivity index is 1.35. The number of hydrogen-bond donors (Lipinski definition) is 3. The Labute approximate surface area is 236 Å². The Bertz CT molecular complexity index is 1210. The third-order valence-corrected chi connectivity index (χ3v) is 8.58. The van der Waals surface area contributed by atoms with Gasteiger partial charge in [0.15, 0.2) is 6.29 Å². The maximum absolute atomic E-state index is 12.2. The monoisotopic (exact) mass is 550 g/mol. The van der Waals surface area contributed by atoms with Crippen molar-refractivity contribution in [1.29, 1.82) is 0 Å². The Morgan fingerprint density at radius 3 is 2.52 bits per heavy atom. The van der Waals surface area contributed by atoms with E-state index in [4.69, 9.17) is 14.6 Å². The van der Waals surface area contributed by atoms with Gasteiger partial charge >= 0.3 is 5.97 Å². The van der Waals surface area contributed by atoms with Crippen molar-refractivity contribution in [3.8, 4) is 0 Å². The molecule has 2 heterocycles. The van der Waals surface area contributed by atoms with Crippen LogP contribution in [0.5, 0.6) is 0 Å². The van der Waals surface area contributed by atoms with Crippen molar-refractivity contribution in [3.05, 3.63) is 65.2 Å². The Morgan fingerprint density at radius 2 is 1.80 bits per heavy atom. The lowest BCUT2D eigenvalue weighted by Crippen LogP contribution is -2.42. The highest BCUT2D eigenvalue weighted by Gasteiger charge is 2.50. The van der Waals surface area contributed by atoms with Crippen LogP contribution in [0.15, 0.2) is 48.5 Å². The molecule has 2 bridgehead atoms. The molecule has 2 aromatic carbocycles. The number of carbonyl (C=O) groups excluding carboxylic acids is 1. The second-order valence-electron chi connectivity index (χ2n) is 13.1.